The lowest BCUT2D eigenvalue weighted by Gasteiger charge is -2.13. The highest BCUT2D eigenvalue weighted by atomic mass is 35.5. The third kappa shape index (κ3) is 3.98. The molecule has 5 rings (SSSR count). The van der Waals surface area contributed by atoms with Crippen molar-refractivity contribution in [2.45, 2.75) is 6.61 Å². The van der Waals surface area contributed by atoms with Crippen LogP contribution in [0, 0.1) is 0 Å². The van der Waals surface area contributed by atoms with Gasteiger partial charge < -0.3 is 14.6 Å². The smallest absolute Gasteiger partial charge is 0.335 e. The van der Waals surface area contributed by atoms with Gasteiger partial charge in [0.1, 0.15) is 6.61 Å². The van der Waals surface area contributed by atoms with Crippen LogP contribution in [0.15, 0.2) is 65.5 Å². The lowest BCUT2D eigenvalue weighted by Crippen LogP contribution is -2.22. The van der Waals surface area contributed by atoms with Gasteiger partial charge in [-0.2, -0.15) is 0 Å². The lowest BCUT2D eigenvalue weighted by atomic mass is 10.1. The molecule has 0 radical (unpaired) electrons. The molecule has 170 valence electrons. The number of rotatable bonds is 6. The van der Waals surface area contributed by atoms with Crippen LogP contribution in [0.2, 0.25) is 5.02 Å². The fourth-order valence-corrected chi connectivity index (χ4v) is 4.89. The Labute approximate surface area is 202 Å². The highest BCUT2D eigenvalue weighted by Gasteiger charge is 2.14. The SMILES string of the molecule is COc1cc(/C=c2\sc3nc4ccccc4n3c2=O)cc(Cl)c1OCc1ccc(C(=O)O)cc1. The van der Waals surface area contributed by atoms with Crippen molar-refractivity contribution in [2.75, 3.05) is 7.11 Å². The van der Waals surface area contributed by atoms with Crippen molar-refractivity contribution >= 4 is 51.0 Å². The van der Waals surface area contributed by atoms with Crippen molar-refractivity contribution in [3.8, 4) is 11.5 Å². The lowest BCUT2D eigenvalue weighted by molar-refractivity contribution is 0.0697. The van der Waals surface area contributed by atoms with E-state index in [0.29, 0.717) is 31.6 Å². The second kappa shape index (κ2) is 8.81. The molecule has 2 aromatic heterocycles. The summed E-state index contributed by atoms with van der Waals surface area (Å²) in [5, 5.41) is 9.35. The molecule has 0 aliphatic rings. The average Bonchev–Trinajstić information content (AvgIpc) is 3.34. The molecule has 0 unspecified atom stereocenters. The van der Waals surface area contributed by atoms with Crippen LogP contribution in [-0.4, -0.2) is 27.6 Å². The quantitative estimate of drug-likeness (QED) is 0.378. The Morgan fingerprint density at radius 2 is 1.94 bits per heavy atom. The van der Waals surface area contributed by atoms with Gasteiger partial charge in [-0.1, -0.05) is 47.2 Å². The number of para-hydroxylation sites is 2. The minimum Gasteiger partial charge on any atom is -0.493 e. The molecule has 0 atom stereocenters. The average molecular weight is 493 g/mol. The van der Waals surface area contributed by atoms with Crippen molar-refractivity contribution in [3.63, 3.8) is 0 Å². The number of aromatic nitrogens is 2. The molecule has 2 heterocycles. The molecule has 0 fully saturated rings. The first-order chi connectivity index (χ1) is 16.4. The Morgan fingerprint density at radius 1 is 1.18 bits per heavy atom. The molecule has 0 bridgehead atoms. The number of carbonyl (C=O) groups is 1. The van der Waals surface area contributed by atoms with Crippen LogP contribution in [0.4, 0.5) is 0 Å². The van der Waals surface area contributed by atoms with Gasteiger partial charge in [-0.05, 0) is 53.6 Å². The number of aromatic carboxylic acids is 1. The second-order valence-corrected chi connectivity index (χ2v) is 8.88. The third-order valence-electron chi connectivity index (χ3n) is 5.28. The molecule has 7 nitrogen and oxygen atoms in total. The van der Waals surface area contributed by atoms with E-state index < -0.39 is 5.97 Å². The van der Waals surface area contributed by atoms with E-state index in [4.69, 9.17) is 26.2 Å². The van der Waals surface area contributed by atoms with E-state index >= 15 is 0 Å². The van der Waals surface area contributed by atoms with Crippen molar-refractivity contribution in [1.29, 1.82) is 0 Å². The van der Waals surface area contributed by atoms with Crippen LogP contribution in [0.5, 0.6) is 11.5 Å². The van der Waals surface area contributed by atoms with Crippen molar-refractivity contribution in [2.24, 2.45) is 0 Å². The Balaban J connectivity index is 1.46. The first kappa shape index (κ1) is 21.9. The molecule has 0 saturated heterocycles. The van der Waals surface area contributed by atoms with Gasteiger partial charge in [-0.3, -0.25) is 4.79 Å². The van der Waals surface area contributed by atoms with Crippen LogP contribution >= 0.6 is 22.9 Å². The number of methoxy groups -OCH3 is 1. The number of carboxylic acid groups (broad SMARTS) is 1. The summed E-state index contributed by atoms with van der Waals surface area (Å²) in [5.41, 5.74) is 3.07. The molecule has 0 aliphatic carbocycles. The zero-order chi connectivity index (χ0) is 23.8. The molecule has 1 N–H and O–H groups in total. The molecular weight excluding hydrogens is 476 g/mol. The molecule has 3 aromatic carbocycles. The summed E-state index contributed by atoms with van der Waals surface area (Å²) in [6, 6.07) is 17.3. The highest BCUT2D eigenvalue weighted by Crippen LogP contribution is 2.37. The minimum absolute atomic E-state index is 0.145. The van der Waals surface area contributed by atoms with Gasteiger partial charge >= 0.3 is 5.97 Å². The number of thiazole rings is 1. The predicted molar refractivity (Wildman–Crippen MR) is 131 cm³/mol. The maximum absolute atomic E-state index is 13.0. The van der Waals surface area contributed by atoms with E-state index in [-0.39, 0.29) is 17.7 Å². The predicted octanol–water partition coefficient (Wildman–Crippen LogP) is 4.40. The van der Waals surface area contributed by atoms with Gasteiger partial charge in [0.15, 0.2) is 16.5 Å². The zero-order valence-electron chi connectivity index (χ0n) is 17.8. The molecule has 0 amide bonds. The Morgan fingerprint density at radius 3 is 2.68 bits per heavy atom. The normalized spacial score (nSPS) is 11.9. The van der Waals surface area contributed by atoms with Gasteiger partial charge in [0.2, 0.25) is 0 Å². The number of hydrogen-bond acceptors (Lipinski definition) is 6. The fraction of sp³-hybridized carbons (Fsp3) is 0.0800. The molecular formula is C25H17ClN2O5S. The summed E-state index contributed by atoms with van der Waals surface area (Å²) < 4.78 is 13.5. The maximum atomic E-state index is 13.0. The van der Waals surface area contributed by atoms with E-state index in [1.165, 1.54) is 30.6 Å². The number of halogens is 1. The standard InChI is InChI=1S/C25H17ClN2O5S/c1-32-20-11-15(10-17(26)22(20)33-13-14-6-8-16(9-7-14)24(30)31)12-21-23(29)28-19-5-3-2-4-18(19)27-25(28)34-21/h2-12H,13H2,1H3,(H,30,31)/b21-12-. The first-order valence-electron chi connectivity index (χ1n) is 10.2. The topological polar surface area (TPSA) is 90.1 Å². The van der Waals surface area contributed by atoms with Gasteiger partial charge in [0.25, 0.3) is 5.56 Å². The number of nitrogens with zero attached hydrogens (tertiary/aromatic N) is 2. The van der Waals surface area contributed by atoms with E-state index in [0.717, 1.165) is 16.6 Å². The first-order valence-corrected chi connectivity index (χ1v) is 11.4. The molecule has 9 heteroatoms. The van der Waals surface area contributed by atoms with Crippen LogP contribution < -0.4 is 19.6 Å². The largest absolute Gasteiger partial charge is 0.493 e. The van der Waals surface area contributed by atoms with Crippen molar-refractivity contribution < 1.29 is 19.4 Å². The Bertz CT molecular complexity index is 1660. The maximum Gasteiger partial charge on any atom is 0.335 e. The minimum atomic E-state index is -0.988. The van der Waals surface area contributed by atoms with Crippen LogP contribution in [0.1, 0.15) is 21.5 Å². The van der Waals surface area contributed by atoms with Crippen LogP contribution in [-0.2, 0) is 6.61 Å². The Kier molecular flexibility index (Phi) is 5.69. The van der Waals surface area contributed by atoms with Crippen molar-refractivity contribution in [1.82, 2.24) is 9.38 Å². The number of imidazole rings is 1. The number of ether oxygens (including phenoxy) is 2. The summed E-state index contributed by atoms with van der Waals surface area (Å²) in [7, 11) is 1.51. The Hall–Kier alpha value is -3.88. The molecule has 0 aliphatic heterocycles. The van der Waals surface area contributed by atoms with Crippen LogP contribution in [0.3, 0.4) is 0 Å². The van der Waals surface area contributed by atoms with Gasteiger partial charge in [-0.15, -0.1) is 0 Å². The second-order valence-electron chi connectivity index (χ2n) is 7.46. The summed E-state index contributed by atoms with van der Waals surface area (Å²) in [5.74, 6) is -0.212. The monoisotopic (exact) mass is 492 g/mol. The highest BCUT2D eigenvalue weighted by molar-refractivity contribution is 7.15. The summed E-state index contributed by atoms with van der Waals surface area (Å²) >= 11 is 7.80. The van der Waals surface area contributed by atoms with E-state index in [2.05, 4.69) is 4.98 Å². The summed E-state index contributed by atoms with van der Waals surface area (Å²) in [6.07, 6.45) is 1.75. The van der Waals surface area contributed by atoms with Gasteiger partial charge in [0, 0.05) is 0 Å². The van der Waals surface area contributed by atoms with E-state index in [1.54, 1.807) is 34.7 Å². The zero-order valence-corrected chi connectivity index (χ0v) is 19.4. The number of carboxylic acids is 1. The molecule has 5 aromatic rings. The van der Waals surface area contributed by atoms with Gasteiger partial charge in [0.05, 0.1) is 33.3 Å². The number of fused-ring (bicyclic) bond motifs is 3. The molecule has 0 spiro atoms. The third-order valence-corrected chi connectivity index (χ3v) is 6.53. The van der Waals surface area contributed by atoms with E-state index in [9.17, 15) is 9.59 Å². The molecule has 34 heavy (non-hydrogen) atoms. The summed E-state index contributed by atoms with van der Waals surface area (Å²) in [4.78, 5) is 29.2. The summed E-state index contributed by atoms with van der Waals surface area (Å²) in [6.45, 7) is 0.180. The number of hydrogen-bond donors (Lipinski definition) is 1. The van der Waals surface area contributed by atoms with Crippen LogP contribution in [0.25, 0.3) is 22.1 Å². The van der Waals surface area contributed by atoms with E-state index in [1.807, 2.05) is 24.3 Å². The van der Waals surface area contributed by atoms with Crippen molar-refractivity contribution in [3.05, 3.63) is 97.3 Å². The number of benzene rings is 3. The van der Waals surface area contributed by atoms with Gasteiger partial charge in [-0.25, -0.2) is 14.2 Å². The molecule has 0 saturated carbocycles. The fourth-order valence-electron chi connectivity index (χ4n) is 3.63.